The number of rotatable bonds is 3. The Labute approximate surface area is 71.4 Å². The maximum Gasteiger partial charge on any atom is 0.316 e. The van der Waals surface area contributed by atoms with E-state index in [0.29, 0.717) is 13.0 Å². The van der Waals surface area contributed by atoms with Crippen molar-refractivity contribution < 1.29 is 14.5 Å². The van der Waals surface area contributed by atoms with Gasteiger partial charge in [-0.25, -0.2) is 4.98 Å². The van der Waals surface area contributed by atoms with Gasteiger partial charge in [0.15, 0.2) is 11.9 Å². The van der Waals surface area contributed by atoms with Crippen LogP contribution in [0.5, 0.6) is 0 Å². The zero-order valence-corrected chi connectivity index (χ0v) is 7.04. The summed E-state index contributed by atoms with van der Waals surface area (Å²) in [5.41, 5.74) is 0.871. The summed E-state index contributed by atoms with van der Waals surface area (Å²) in [7, 11) is 0. The molecule has 0 spiro atoms. The number of carbonyl (C=O) groups excluding carboxylic acids is 1. The molecule has 3 nitrogen and oxygen atoms in total. The molecule has 12 heavy (non-hydrogen) atoms. The van der Waals surface area contributed by atoms with Crippen molar-refractivity contribution in [3.05, 3.63) is 30.1 Å². The molecule has 0 aliphatic carbocycles. The van der Waals surface area contributed by atoms with Gasteiger partial charge in [-0.1, -0.05) is 6.07 Å². The third kappa shape index (κ3) is 2.70. The molecule has 0 aliphatic heterocycles. The van der Waals surface area contributed by atoms with E-state index in [9.17, 15) is 4.79 Å². The fraction of sp³-hybridized carbons (Fsp3) is 0.333. The number of nitrogens with one attached hydrogen (secondary N) is 1. The molecular weight excluding hydrogens is 154 g/mol. The number of esters is 1. The van der Waals surface area contributed by atoms with E-state index in [1.54, 1.807) is 13.1 Å². The summed E-state index contributed by atoms with van der Waals surface area (Å²) in [6.07, 6.45) is 2.10. The first-order valence-corrected chi connectivity index (χ1v) is 3.94. The average Bonchev–Trinajstić information content (AvgIpc) is 2.06. The van der Waals surface area contributed by atoms with Gasteiger partial charge in [0.25, 0.3) is 0 Å². The Hall–Kier alpha value is -1.38. The second-order valence-electron chi connectivity index (χ2n) is 2.37. The number of ether oxygens (including phenoxy) is 1. The molecule has 0 atom stereocenters. The normalized spacial score (nSPS) is 9.42. The van der Waals surface area contributed by atoms with E-state index in [-0.39, 0.29) is 5.97 Å². The van der Waals surface area contributed by atoms with E-state index in [1.807, 2.05) is 18.2 Å². The first-order chi connectivity index (χ1) is 5.83. The molecule has 0 radical (unpaired) electrons. The Morgan fingerprint density at radius 1 is 1.58 bits per heavy atom. The van der Waals surface area contributed by atoms with Crippen molar-refractivity contribution in [1.29, 1.82) is 0 Å². The SMILES string of the molecule is CCOC(=O)Cc1cccc[nH+]1. The minimum absolute atomic E-state index is 0.194. The first kappa shape index (κ1) is 8.71. The minimum atomic E-state index is -0.194. The van der Waals surface area contributed by atoms with Crippen molar-refractivity contribution in [2.75, 3.05) is 6.61 Å². The van der Waals surface area contributed by atoms with E-state index < -0.39 is 0 Å². The summed E-state index contributed by atoms with van der Waals surface area (Å²) in [6, 6.07) is 5.61. The number of aromatic nitrogens is 1. The molecule has 1 heterocycles. The largest absolute Gasteiger partial charge is 0.466 e. The summed E-state index contributed by atoms with van der Waals surface area (Å²) in [5, 5.41) is 0. The molecule has 1 aromatic rings. The van der Waals surface area contributed by atoms with Gasteiger partial charge in [0.05, 0.1) is 6.61 Å². The number of hydrogen-bond donors (Lipinski definition) is 0. The predicted molar refractivity (Wildman–Crippen MR) is 43.3 cm³/mol. The molecular formula is C9H12NO2+. The Balaban J connectivity index is 2.47. The predicted octanol–water partition coefficient (Wildman–Crippen LogP) is 0.606. The lowest BCUT2D eigenvalue weighted by Gasteiger charge is -1.96. The van der Waals surface area contributed by atoms with E-state index in [1.165, 1.54) is 0 Å². The summed E-state index contributed by atoms with van der Waals surface area (Å²) >= 11 is 0. The fourth-order valence-corrected chi connectivity index (χ4v) is 0.908. The standard InChI is InChI=1S/C9H11NO2/c1-2-12-9(11)7-8-5-3-4-6-10-8/h3-6H,2,7H2,1H3/p+1. The van der Waals surface area contributed by atoms with Gasteiger partial charge < -0.3 is 4.74 Å². The Bertz CT molecular complexity index is 246. The van der Waals surface area contributed by atoms with Crippen LogP contribution in [0.15, 0.2) is 24.4 Å². The van der Waals surface area contributed by atoms with Gasteiger partial charge in [-0.15, -0.1) is 0 Å². The highest BCUT2D eigenvalue weighted by atomic mass is 16.5. The number of hydrogen-bond acceptors (Lipinski definition) is 2. The molecule has 1 aromatic heterocycles. The van der Waals surface area contributed by atoms with Crippen LogP contribution in [0.2, 0.25) is 0 Å². The number of pyridine rings is 1. The van der Waals surface area contributed by atoms with Gasteiger partial charge in [-0.2, -0.15) is 0 Å². The molecule has 1 rings (SSSR count). The summed E-state index contributed by atoms with van der Waals surface area (Å²) < 4.78 is 4.79. The average molecular weight is 166 g/mol. The van der Waals surface area contributed by atoms with Gasteiger partial charge in [0, 0.05) is 12.1 Å². The van der Waals surface area contributed by atoms with Gasteiger partial charge in [0.1, 0.15) is 6.42 Å². The lowest BCUT2D eigenvalue weighted by molar-refractivity contribution is -0.389. The van der Waals surface area contributed by atoms with Crippen LogP contribution in [0.25, 0.3) is 0 Å². The Kier molecular flexibility index (Phi) is 3.26. The van der Waals surface area contributed by atoms with Crippen LogP contribution < -0.4 is 4.98 Å². The molecule has 0 saturated carbocycles. The topological polar surface area (TPSA) is 40.4 Å². The molecule has 3 heteroatoms. The first-order valence-electron chi connectivity index (χ1n) is 3.94. The molecule has 0 unspecified atom stereocenters. The Morgan fingerprint density at radius 3 is 3.00 bits per heavy atom. The zero-order chi connectivity index (χ0) is 8.81. The smallest absolute Gasteiger partial charge is 0.316 e. The van der Waals surface area contributed by atoms with Gasteiger partial charge in [-0.3, -0.25) is 4.79 Å². The number of aromatic amines is 1. The second kappa shape index (κ2) is 4.49. The molecule has 0 aromatic carbocycles. The minimum Gasteiger partial charge on any atom is -0.466 e. The summed E-state index contributed by atoms with van der Waals surface area (Å²) in [5.74, 6) is -0.194. The van der Waals surface area contributed by atoms with Crippen molar-refractivity contribution in [1.82, 2.24) is 0 Å². The van der Waals surface area contributed by atoms with E-state index >= 15 is 0 Å². The van der Waals surface area contributed by atoms with Crippen molar-refractivity contribution in [3.63, 3.8) is 0 Å². The van der Waals surface area contributed by atoms with E-state index in [4.69, 9.17) is 4.74 Å². The highest BCUT2D eigenvalue weighted by Gasteiger charge is 2.07. The molecule has 0 bridgehead atoms. The van der Waals surface area contributed by atoms with E-state index in [2.05, 4.69) is 4.98 Å². The number of carbonyl (C=O) groups is 1. The highest BCUT2D eigenvalue weighted by Crippen LogP contribution is 1.92. The van der Waals surface area contributed by atoms with Gasteiger partial charge in [0.2, 0.25) is 0 Å². The zero-order valence-electron chi connectivity index (χ0n) is 7.04. The van der Waals surface area contributed by atoms with Gasteiger partial charge in [-0.05, 0) is 6.92 Å². The fourth-order valence-electron chi connectivity index (χ4n) is 0.908. The van der Waals surface area contributed by atoms with Crippen LogP contribution in [0.1, 0.15) is 12.6 Å². The quantitative estimate of drug-likeness (QED) is 0.617. The maximum atomic E-state index is 11.0. The molecule has 64 valence electrons. The third-order valence-corrected chi connectivity index (χ3v) is 1.41. The highest BCUT2D eigenvalue weighted by molar-refractivity contribution is 5.71. The molecule has 0 aliphatic rings. The molecule has 1 N–H and O–H groups in total. The van der Waals surface area contributed by atoms with Crippen LogP contribution in [0.3, 0.4) is 0 Å². The van der Waals surface area contributed by atoms with Crippen molar-refractivity contribution in [3.8, 4) is 0 Å². The summed E-state index contributed by atoms with van der Waals surface area (Å²) in [4.78, 5) is 13.9. The van der Waals surface area contributed by atoms with Crippen LogP contribution in [-0.4, -0.2) is 12.6 Å². The van der Waals surface area contributed by atoms with Crippen LogP contribution in [0, 0.1) is 0 Å². The van der Waals surface area contributed by atoms with Crippen LogP contribution in [0.4, 0.5) is 0 Å². The molecule has 0 saturated heterocycles. The van der Waals surface area contributed by atoms with E-state index in [0.717, 1.165) is 5.69 Å². The van der Waals surface area contributed by atoms with Crippen LogP contribution in [-0.2, 0) is 16.0 Å². The molecule has 0 amide bonds. The summed E-state index contributed by atoms with van der Waals surface area (Å²) in [6.45, 7) is 2.23. The lowest BCUT2D eigenvalue weighted by Crippen LogP contribution is -2.16. The lowest BCUT2D eigenvalue weighted by atomic mass is 10.3. The van der Waals surface area contributed by atoms with Crippen molar-refractivity contribution in [2.24, 2.45) is 0 Å². The van der Waals surface area contributed by atoms with Crippen molar-refractivity contribution >= 4 is 5.97 Å². The van der Waals surface area contributed by atoms with Crippen molar-refractivity contribution in [2.45, 2.75) is 13.3 Å². The second-order valence-corrected chi connectivity index (χ2v) is 2.37. The monoisotopic (exact) mass is 166 g/mol. The Morgan fingerprint density at radius 2 is 2.42 bits per heavy atom. The maximum absolute atomic E-state index is 11.0. The third-order valence-electron chi connectivity index (χ3n) is 1.41. The number of H-pyrrole nitrogens is 1. The van der Waals surface area contributed by atoms with Gasteiger partial charge >= 0.3 is 5.97 Å². The van der Waals surface area contributed by atoms with Crippen LogP contribution >= 0.6 is 0 Å². The molecule has 0 fully saturated rings.